The van der Waals surface area contributed by atoms with E-state index in [0.717, 1.165) is 11.8 Å². The number of aromatic nitrogens is 3. The molecule has 0 radical (unpaired) electrons. The Hall–Kier alpha value is -3.34. The van der Waals surface area contributed by atoms with Gasteiger partial charge in [-0.3, -0.25) is 9.59 Å². The summed E-state index contributed by atoms with van der Waals surface area (Å²) < 4.78 is 1.75. The number of anilines is 1. The third-order valence-electron chi connectivity index (χ3n) is 4.72. The molecule has 0 saturated carbocycles. The molecule has 2 aromatic carbocycles. The van der Waals surface area contributed by atoms with Gasteiger partial charge in [-0.25, -0.2) is 4.79 Å². The van der Waals surface area contributed by atoms with Crippen LogP contribution >= 0.6 is 35.0 Å². The standard InChI is InChI=1S/C23H21Cl2N5O4S/c1-3-10-30-20(13(2)26-21(32)14-4-7-16(24)8-5-14)28-29-23(30)35-12-19(31)27-18-11-15(22(33)34)6-9-17(18)25/h3-9,11,13H,1,10,12H2,2H3,(H,26,32)(H,27,31)(H,33,34). The molecule has 3 rings (SSSR count). The summed E-state index contributed by atoms with van der Waals surface area (Å²) in [6, 6.07) is 10.1. The zero-order valence-electron chi connectivity index (χ0n) is 18.5. The normalized spacial score (nSPS) is 11.5. The smallest absolute Gasteiger partial charge is 0.335 e. The van der Waals surface area contributed by atoms with Crippen molar-refractivity contribution in [2.24, 2.45) is 0 Å². The molecule has 1 unspecified atom stereocenters. The summed E-state index contributed by atoms with van der Waals surface area (Å²) in [5, 5.41) is 24.2. The van der Waals surface area contributed by atoms with E-state index >= 15 is 0 Å². The Morgan fingerprint density at radius 2 is 1.83 bits per heavy atom. The number of hydrogen-bond acceptors (Lipinski definition) is 6. The van der Waals surface area contributed by atoms with E-state index < -0.39 is 17.9 Å². The first kappa shape index (κ1) is 26.3. The monoisotopic (exact) mass is 533 g/mol. The highest BCUT2D eigenvalue weighted by Gasteiger charge is 2.21. The number of allylic oxidation sites excluding steroid dienone is 1. The molecule has 3 aromatic rings. The number of nitrogens with zero attached hydrogens (tertiary/aromatic N) is 3. The lowest BCUT2D eigenvalue weighted by atomic mass is 10.2. The van der Waals surface area contributed by atoms with Crippen LogP contribution in [0.1, 0.15) is 39.5 Å². The lowest BCUT2D eigenvalue weighted by Crippen LogP contribution is -2.28. The molecule has 35 heavy (non-hydrogen) atoms. The molecule has 12 heteroatoms. The first-order chi connectivity index (χ1) is 16.7. The van der Waals surface area contributed by atoms with Crippen molar-refractivity contribution in [3.05, 3.63) is 82.1 Å². The molecule has 0 aliphatic rings. The molecule has 0 aliphatic carbocycles. The van der Waals surface area contributed by atoms with Gasteiger partial charge in [-0.2, -0.15) is 0 Å². The van der Waals surface area contributed by atoms with Crippen LogP contribution in [0.25, 0.3) is 0 Å². The predicted molar refractivity (Wildman–Crippen MR) is 135 cm³/mol. The van der Waals surface area contributed by atoms with Crippen LogP contribution in [0.5, 0.6) is 0 Å². The first-order valence-corrected chi connectivity index (χ1v) is 12.0. The second-order valence-electron chi connectivity index (χ2n) is 7.28. The van der Waals surface area contributed by atoms with Gasteiger partial charge in [-0.05, 0) is 49.4 Å². The number of carboxylic acids is 1. The van der Waals surface area contributed by atoms with E-state index in [-0.39, 0.29) is 27.9 Å². The van der Waals surface area contributed by atoms with Gasteiger partial charge in [0.2, 0.25) is 5.91 Å². The summed E-state index contributed by atoms with van der Waals surface area (Å²) in [4.78, 5) is 36.2. The number of rotatable bonds is 10. The van der Waals surface area contributed by atoms with Gasteiger partial charge < -0.3 is 20.3 Å². The van der Waals surface area contributed by atoms with Crippen LogP contribution in [0.2, 0.25) is 10.0 Å². The molecule has 1 heterocycles. The molecule has 0 aliphatic heterocycles. The van der Waals surface area contributed by atoms with Gasteiger partial charge >= 0.3 is 5.97 Å². The summed E-state index contributed by atoms with van der Waals surface area (Å²) in [5.74, 6) is -1.37. The van der Waals surface area contributed by atoms with E-state index in [9.17, 15) is 14.4 Å². The van der Waals surface area contributed by atoms with Crippen LogP contribution in [0.4, 0.5) is 5.69 Å². The molecule has 9 nitrogen and oxygen atoms in total. The maximum absolute atomic E-state index is 12.6. The third-order valence-corrected chi connectivity index (χ3v) is 6.27. The van der Waals surface area contributed by atoms with Crippen molar-refractivity contribution in [3.63, 3.8) is 0 Å². The van der Waals surface area contributed by atoms with Gasteiger partial charge in [-0.15, -0.1) is 16.8 Å². The van der Waals surface area contributed by atoms with Gasteiger partial charge in [0.15, 0.2) is 11.0 Å². The van der Waals surface area contributed by atoms with Crippen molar-refractivity contribution in [2.45, 2.75) is 24.7 Å². The average Bonchev–Trinajstić information content (AvgIpc) is 3.22. The molecule has 3 N–H and O–H groups in total. The summed E-state index contributed by atoms with van der Waals surface area (Å²) in [6.45, 7) is 5.88. The summed E-state index contributed by atoms with van der Waals surface area (Å²) in [5.41, 5.74) is 0.652. The van der Waals surface area contributed by atoms with Crippen LogP contribution in [-0.4, -0.2) is 43.4 Å². The number of halogens is 2. The molecule has 0 bridgehead atoms. The van der Waals surface area contributed by atoms with Crippen molar-refractivity contribution < 1.29 is 19.5 Å². The number of carbonyl (C=O) groups excluding carboxylic acids is 2. The van der Waals surface area contributed by atoms with Crippen molar-refractivity contribution in [1.29, 1.82) is 0 Å². The Morgan fingerprint density at radius 1 is 1.14 bits per heavy atom. The van der Waals surface area contributed by atoms with E-state index in [1.165, 1.54) is 18.2 Å². The van der Waals surface area contributed by atoms with Crippen molar-refractivity contribution in [1.82, 2.24) is 20.1 Å². The topological polar surface area (TPSA) is 126 Å². The lowest BCUT2D eigenvalue weighted by molar-refractivity contribution is -0.113. The highest BCUT2D eigenvalue weighted by atomic mass is 35.5. The van der Waals surface area contributed by atoms with Crippen molar-refractivity contribution in [3.8, 4) is 0 Å². The van der Waals surface area contributed by atoms with E-state index in [2.05, 4.69) is 27.4 Å². The number of hydrogen-bond donors (Lipinski definition) is 3. The molecular weight excluding hydrogens is 513 g/mol. The quantitative estimate of drug-likeness (QED) is 0.255. The van der Waals surface area contributed by atoms with Crippen LogP contribution in [0, 0.1) is 0 Å². The number of amides is 2. The Bertz CT molecular complexity index is 1260. The Labute approximate surface area is 215 Å². The Balaban J connectivity index is 1.68. The van der Waals surface area contributed by atoms with Gasteiger partial charge in [0.05, 0.1) is 28.1 Å². The molecule has 2 amide bonds. The molecule has 0 fully saturated rings. The molecule has 1 aromatic heterocycles. The highest BCUT2D eigenvalue weighted by Crippen LogP contribution is 2.25. The zero-order valence-corrected chi connectivity index (χ0v) is 20.8. The fourth-order valence-electron chi connectivity index (χ4n) is 3.04. The number of nitrogens with one attached hydrogen (secondary N) is 2. The summed E-state index contributed by atoms with van der Waals surface area (Å²) in [7, 11) is 0. The van der Waals surface area contributed by atoms with Gasteiger partial charge in [0, 0.05) is 17.1 Å². The minimum atomic E-state index is -1.13. The maximum atomic E-state index is 12.6. The highest BCUT2D eigenvalue weighted by molar-refractivity contribution is 7.99. The summed E-state index contributed by atoms with van der Waals surface area (Å²) in [6.07, 6.45) is 1.65. The Kier molecular flexibility index (Phi) is 8.91. The molecule has 0 spiro atoms. The second-order valence-corrected chi connectivity index (χ2v) is 9.06. The first-order valence-electron chi connectivity index (χ1n) is 10.3. The summed E-state index contributed by atoms with van der Waals surface area (Å²) >= 11 is 13.1. The van der Waals surface area contributed by atoms with Crippen LogP contribution in [0.3, 0.4) is 0 Å². The number of thioether (sulfide) groups is 1. The number of carbonyl (C=O) groups is 3. The van der Waals surface area contributed by atoms with E-state index in [1.54, 1.807) is 41.8 Å². The largest absolute Gasteiger partial charge is 0.478 e. The van der Waals surface area contributed by atoms with Crippen LogP contribution in [-0.2, 0) is 11.3 Å². The van der Waals surface area contributed by atoms with Gasteiger partial charge in [0.25, 0.3) is 5.91 Å². The van der Waals surface area contributed by atoms with Crippen molar-refractivity contribution in [2.75, 3.05) is 11.1 Å². The van der Waals surface area contributed by atoms with Crippen LogP contribution in [0.15, 0.2) is 60.3 Å². The fourth-order valence-corrected chi connectivity index (χ4v) is 4.09. The molecular formula is C23H21Cl2N5O4S. The van der Waals surface area contributed by atoms with Crippen molar-refractivity contribution >= 4 is 58.4 Å². The molecule has 182 valence electrons. The minimum Gasteiger partial charge on any atom is -0.478 e. The van der Waals surface area contributed by atoms with E-state index in [4.69, 9.17) is 28.3 Å². The second kappa shape index (κ2) is 11.9. The maximum Gasteiger partial charge on any atom is 0.335 e. The van der Waals surface area contributed by atoms with Gasteiger partial charge in [0.1, 0.15) is 0 Å². The average molecular weight is 534 g/mol. The van der Waals surface area contributed by atoms with Gasteiger partial charge in [-0.1, -0.05) is 41.0 Å². The van der Waals surface area contributed by atoms with E-state index in [1.807, 2.05) is 0 Å². The zero-order chi connectivity index (χ0) is 25.5. The number of aromatic carboxylic acids is 1. The minimum absolute atomic E-state index is 0.00218. The SMILES string of the molecule is C=CCn1c(SCC(=O)Nc2cc(C(=O)O)ccc2Cl)nnc1C(C)NC(=O)c1ccc(Cl)cc1. The number of carboxylic acid groups (broad SMARTS) is 1. The lowest BCUT2D eigenvalue weighted by Gasteiger charge is -2.15. The molecule has 0 saturated heterocycles. The van der Waals surface area contributed by atoms with Crippen LogP contribution < -0.4 is 10.6 Å². The fraction of sp³-hybridized carbons (Fsp3) is 0.174. The number of benzene rings is 2. The third kappa shape index (κ3) is 6.84. The Morgan fingerprint density at radius 3 is 2.49 bits per heavy atom. The van der Waals surface area contributed by atoms with E-state index in [0.29, 0.717) is 28.1 Å². The molecule has 1 atom stereocenters. The predicted octanol–water partition coefficient (Wildman–Crippen LogP) is 4.69.